The van der Waals surface area contributed by atoms with Gasteiger partial charge in [-0.2, -0.15) is 0 Å². The topological polar surface area (TPSA) is 25.8 Å². The van der Waals surface area contributed by atoms with E-state index in [0.717, 1.165) is 56.9 Å². The summed E-state index contributed by atoms with van der Waals surface area (Å²) in [6.45, 7) is 4.71. The smallest absolute Gasteiger partial charge is 0.0780 e. The molecule has 100 heavy (non-hydrogen) atoms. The molecule has 0 saturated heterocycles. The van der Waals surface area contributed by atoms with Crippen LogP contribution in [0, 0.1) is 5.92 Å². The Kier molecular flexibility index (Phi) is 14.3. The number of benzene rings is 15. The fraction of sp³-hybridized carbons (Fsp3) is 0.0612. The lowest BCUT2D eigenvalue weighted by Gasteiger charge is -2.25. The Morgan fingerprint density at radius 2 is 0.740 bits per heavy atom. The summed E-state index contributed by atoms with van der Waals surface area (Å²) >= 11 is 0. The van der Waals surface area contributed by atoms with Crippen molar-refractivity contribution in [2.45, 2.75) is 32.6 Å². The summed E-state index contributed by atoms with van der Waals surface area (Å²) in [5.41, 5.74) is 23.6. The Morgan fingerprint density at radius 1 is 0.310 bits per heavy atom. The maximum absolute atomic E-state index is 5.21. The molecule has 0 bridgehead atoms. The molecule has 0 saturated carbocycles. The molecule has 2 nitrogen and oxygen atoms in total. The van der Waals surface area contributed by atoms with Gasteiger partial charge in [0.05, 0.1) is 11.0 Å². The number of hydrogen-bond acceptors (Lipinski definition) is 2. The van der Waals surface area contributed by atoms with Gasteiger partial charge >= 0.3 is 0 Å². The molecule has 2 aliphatic rings. The summed E-state index contributed by atoms with van der Waals surface area (Å²) in [5.74, 6) is 0.678. The minimum Gasteiger partial charge on any atom is -0.256 e. The maximum atomic E-state index is 5.21. The van der Waals surface area contributed by atoms with Crippen LogP contribution in [0.3, 0.4) is 0 Å². The Balaban J connectivity index is 0.908. The number of rotatable bonds is 8. The van der Waals surface area contributed by atoms with E-state index in [0.29, 0.717) is 5.92 Å². The Morgan fingerprint density at radius 3 is 1.28 bits per heavy atom. The largest absolute Gasteiger partial charge is 0.256 e. The molecule has 0 radical (unpaired) electrons. The van der Waals surface area contributed by atoms with Gasteiger partial charge in [-0.3, -0.25) is 9.97 Å². The lowest BCUT2D eigenvalue weighted by Crippen LogP contribution is -2.27. The summed E-state index contributed by atoms with van der Waals surface area (Å²) in [6.07, 6.45) is 24.2. The zero-order valence-electron chi connectivity index (χ0n) is 55.8. The van der Waals surface area contributed by atoms with Gasteiger partial charge in [-0.25, -0.2) is 0 Å². The highest BCUT2D eigenvalue weighted by Gasteiger charge is 2.27. The monoisotopic (exact) mass is 1270 g/mol. The number of hydrogen-bond donors (Lipinski definition) is 0. The second kappa shape index (κ2) is 24.3. The van der Waals surface area contributed by atoms with Crippen LogP contribution in [0.2, 0.25) is 0 Å². The van der Waals surface area contributed by atoms with E-state index >= 15 is 0 Å². The normalized spacial score (nSPS) is 14.5. The predicted octanol–water partition coefficient (Wildman–Crippen LogP) is 25.3. The van der Waals surface area contributed by atoms with Gasteiger partial charge in [-0.15, -0.1) is 0 Å². The van der Waals surface area contributed by atoms with E-state index in [1.54, 1.807) is 0 Å². The van der Waals surface area contributed by atoms with Crippen molar-refractivity contribution in [2.75, 3.05) is 0 Å². The quantitative estimate of drug-likeness (QED) is 0.142. The molecule has 0 aliphatic heterocycles. The van der Waals surface area contributed by atoms with E-state index in [-0.39, 0.29) is 5.92 Å². The van der Waals surface area contributed by atoms with Crippen molar-refractivity contribution in [1.82, 2.24) is 9.97 Å². The molecule has 2 unspecified atom stereocenters. The molecular formula is C98H68N2. The van der Waals surface area contributed by atoms with E-state index in [9.17, 15) is 0 Å². The molecule has 0 fully saturated rings. The average molecular weight is 1270 g/mol. The summed E-state index contributed by atoms with van der Waals surface area (Å²) in [5, 5.41) is 19.1. The third-order valence-corrected chi connectivity index (χ3v) is 21.5. The molecule has 15 aromatic carbocycles. The van der Waals surface area contributed by atoms with Crippen LogP contribution < -0.4 is 10.4 Å². The highest BCUT2D eigenvalue weighted by molar-refractivity contribution is 6.29. The lowest BCUT2D eigenvalue weighted by atomic mass is 9.79. The molecule has 2 aromatic heterocycles. The van der Waals surface area contributed by atoms with E-state index in [4.69, 9.17) is 9.97 Å². The Bertz CT molecular complexity index is 6420. The standard InChI is InChI=1S/C98H68N2/c1-61-23-16-30-65-31-17-41-74(73(65)50-45-61)93-79-53-48-71(59-88(79)95(84-43-19-33-67-35-21-55-99-97(67)84)81-51-46-69(57-86(81)93)63-25-7-4-8-26-63)91-75-37-12-14-39-77(75)92(78-40-15-13-38-76(78)91)72-49-54-80-89(60-72)96(85-44-20-34-68-36-22-56-100-98(68)85)82-52-47-70(64-27-9-5-10-28-64)58-87(82)94(80)83-42-18-32-66-29-11-3-6-24-62(2)90(66)83/h3-23,25-44,46-62H,24,45H2,1-2H3. The number of pyridine rings is 2. The molecule has 2 heteroatoms. The Labute approximate surface area is 581 Å². The van der Waals surface area contributed by atoms with Crippen LogP contribution in [0.4, 0.5) is 0 Å². The maximum Gasteiger partial charge on any atom is 0.0780 e. The minimum absolute atomic E-state index is 0.272. The molecule has 2 heterocycles. The third-order valence-electron chi connectivity index (χ3n) is 21.5. The summed E-state index contributed by atoms with van der Waals surface area (Å²) in [7, 11) is 0. The van der Waals surface area contributed by atoms with Crippen LogP contribution in [-0.2, 0) is 0 Å². The number of aromatic nitrogens is 2. The highest BCUT2D eigenvalue weighted by atomic mass is 14.7. The van der Waals surface area contributed by atoms with Crippen molar-refractivity contribution in [2.24, 2.45) is 5.92 Å². The summed E-state index contributed by atoms with van der Waals surface area (Å²) in [6, 6.07) is 105. The molecule has 0 N–H and O–H groups in total. The third kappa shape index (κ3) is 9.77. The van der Waals surface area contributed by atoms with Gasteiger partial charge in [0.25, 0.3) is 0 Å². The molecule has 2 atom stereocenters. The number of nitrogens with zero attached hydrogens (tertiary/aromatic N) is 2. The van der Waals surface area contributed by atoms with Gasteiger partial charge in [0.1, 0.15) is 0 Å². The van der Waals surface area contributed by atoms with E-state index in [2.05, 4.69) is 342 Å². The fourth-order valence-electron chi connectivity index (χ4n) is 17.0. The molecule has 0 spiro atoms. The zero-order chi connectivity index (χ0) is 66.4. The second-order valence-electron chi connectivity index (χ2n) is 27.4. The number of para-hydroxylation sites is 2. The predicted molar refractivity (Wildman–Crippen MR) is 428 cm³/mol. The van der Waals surface area contributed by atoms with Gasteiger partial charge in [-0.1, -0.05) is 305 Å². The average Bonchev–Trinajstić information content (AvgIpc) is 0.716. The summed E-state index contributed by atoms with van der Waals surface area (Å²) < 4.78 is 0. The summed E-state index contributed by atoms with van der Waals surface area (Å²) in [4.78, 5) is 10.4. The van der Waals surface area contributed by atoms with Crippen LogP contribution in [0.1, 0.15) is 43.7 Å². The lowest BCUT2D eigenvalue weighted by molar-refractivity contribution is 0.765. The van der Waals surface area contributed by atoms with Crippen LogP contribution in [0.25, 0.3) is 194 Å². The van der Waals surface area contributed by atoms with Crippen LogP contribution in [0.15, 0.2) is 322 Å². The van der Waals surface area contributed by atoms with Crippen LogP contribution >= 0.6 is 0 Å². The molecular weight excluding hydrogens is 1210 g/mol. The van der Waals surface area contributed by atoms with E-state index in [1.165, 1.54) is 153 Å². The van der Waals surface area contributed by atoms with Gasteiger partial charge in [0.2, 0.25) is 0 Å². The SMILES string of the molecule is CC1C=CC=c2cccc(-c3c4cc(-c5ccccc5)ccc4c(-c4cccc5cccnc45)c4cc(-c5c6ccccc6c(-c6ccc7c(-c8cccc9c8C(C)CC=CC=C9)c8cc(-c9ccccc9)ccc8c(-c8cccc9cccnc89)c7c6)c6ccccc56)ccc34)c2=CC1. The van der Waals surface area contributed by atoms with Crippen LogP contribution in [-0.4, -0.2) is 9.97 Å². The minimum atomic E-state index is 0.272. The van der Waals surface area contributed by atoms with Gasteiger partial charge in [0, 0.05) is 34.3 Å². The zero-order valence-corrected chi connectivity index (χ0v) is 55.8. The molecule has 470 valence electrons. The van der Waals surface area contributed by atoms with E-state index in [1.807, 2.05) is 12.4 Å². The molecule has 19 rings (SSSR count). The van der Waals surface area contributed by atoms with Crippen molar-refractivity contribution in [3.8, 4) is 89.0 Å². The first kappa shape index (κ1) is 58.9. The molecule has 2 aliphatic carbocycles. The Hall–Kier alpha value is -12.4. The van der Waals surface area contributed by atoms with Gasteiger partial charge in [-0.05, 0) is 225 Å². The first-order valence-corrected chi connectivity index (χ1v) is 35.2. The second-order valence-corrected chi connectivity index (χ2v) is 27.4. The van der Waals surface area contributed by atoms with Crippen LogP contribution in [0.5, 0.6) is 0 Å². The number of fused-ring (bicyclic) bond motifs is 10. The first-order valence-electron chi connectivity index (χ1n) is 35.2. The van der Waals surface area contributed by atoms with Crippen molar-refractivity contribution in [1.29, 1.82) is 0 Å². The van der Waals surface area contributed by atoms with Gasteiger partial charge < -0.3 is 0 Å². The van der Waals surface area contributed by atoms with Crippen molar-refractivity contribution < 1.29 is 0 Å². The number of allylic oxidation sites excluding steroid dienone is 5. The van der Waals surface area contributed by atoms with Crippen molar-refractivity contribution in [3.05, 3.63) is 343 Å². The highest BCUT2D eigenvalue weighted by Crippen LogP contribution is 2.53. The molecule has 17 aromatic rings. The van der Waals surface area contributed by atoms with Crippen molar-refractivity contribution in [3.63, 3.8) is 0 Å². The van der Waals surface area contributed by atoms with E-state index < -0.39 is 0 Å². The molecule has 0 amide bonds. The first-order chi connectivity index (χ1) is 49.5. The van der Waals surface area contributed by atoms with Crippen molar-refractivity contribution >= 4 is 105 Å². The van der Waals surface area contributed by atoms with Gasteiger partial charge in [0.15, 0.2) is 0 Å². The fourth-order valence-corrected chi connectivity index (χ4v) is 17.0.